The van der Waals surface area contributed by atoms with Gasteiger partial charge in [-0.3, -0.25) is 9.59 Å². The van der Waals surface area contributed by atoms with Crippen molar-refractivity contribution in [1.29, 1.82) is 0 Å². The van der Waals surface area contributed by atoms with Crippen molar-refractivity contribution in [3.63, 3.8) is 0 Å². The number of amides is 2. The van der Waals surface area contributed by atoms with Crippen LogP contribution in [0.4, 0.5) is 5.69 Å². The van der Waals surface area contributed by atoms with E-state index in [2.05, 4.69) is 20.6 Å². The Bertz CT molecular complexity index is 977. The van der Waals surface area contributed by atoms with Gasteiger partial charge in [-0.2, -0.15) is 0 Å². The van der Waals surface area contributed by atoms with Crippen LogP contribution in [0.1, 0.15) is 35.4 Å². The van der Waals surface area contributed by atoms with Crippen LogP contribution >= 0.6 is 11.6 Å². The summed E-state index contributed by atoms with van der Waals surface area (Å²) in [6, 6.07) is 12.9. The smallest absolute Gasteiger partial charge is 0.253 e. The minimum Gasteiger partial charge on any atom is -0.349 e. The number of carbonyl (C=O) groups excluding carboxylic acids is 2. The Kier molecular flexibility index (Phi) is 4.81. The van der Waals surface area contributed by atoms with E-state index in [4.69, 9.17) is 11.6 Å². The lowest BCUT2D eigenvalue weighted by Crippen LogP contribution is -2.25. The van der Waals surface area contributed by atoms with Gasteiger partial charge in [-0.25, -0.2) is 4.98 Å². The molecule has 3 aromatic rings. The molecule has 0 radical (unpaired) electrons. The van der Waals surface area contributed by atoms with Crippen molar-refractivity contribution in [3.8, 4) is 0 Å². The molecule has 2 amide bonds. The number of imidazole rings is 1. The van der Waals surface area contributed by atoms with E-state index < -0.39 is 0 Å². The average molecular weight is 383 g/mol. The van der Waals surface area contributed by atoms with Crippen molar-refractivity contribution < 1.29 is 9.59 Å². The number of H-pyrrole nitrogens is 1. The molecular formula is C20H19ClN4O2. The molecule has 0 spiro atoms. The zero-order valence-electron chi connectivity index (χ0n) is 14.6. The molecule has 138 valence electrons. The van der Waals surface area contributed by atoms with E-state index in [0.29, 0.717) is 29.1 Å². The Morgan fingerprint density at radius 3 is 2.74 bits per heavy atom. The van der Waals surface area contributed by atoms with E-state index in [-0.39, 0.29) is 17.9 Å². The molecule has 7 heteroatoms. The first-order valence-electron chi connectivity index (χ1n) is 8.92. The van der Waals surface area contributed by atoms with E-state index in [9.17, 15) is 9.59 Å². The Hall–Kier alpha value is -2.86. The largest absolute Gasteiger partial charge is 0.349 e. The fourth-order valence-corrected chi connectivity index (χ4v) is 3.11. The van der Waals surface area contributed by atoms with Crippen LogP contribution in [0.5, 0.6) is 0 Å². The van der Waals surface area contributed by atoms with Crippen molar-refractivity contribution in [2.75, 3.05) is 5.32 Å². The van der Waals surface area contributed by atoms with Crippen molar-refractivity contribution in [3.05, 3.63) is 58.9 Å². The lowest BCUT2D eigenvalue weighted by molar-refractivity contribution is -0.116. The average Bonchev–Trinajstić information content (AvgIpc) is 3.35. The molecule has 0 aliphatic heterocycles. The minimum absolute atomic E-state index is 0.137. The van der Waals surface area contributed by atoms with E-state index >= 15 is 0 Å². The lowest BCUT2D eigenvalue weighted by atomic mass is 10.2. The second-order valence-corrected chi connectivity index (χ2v) is 7.10. The molecule has 1 saturated carbocycles. The van der Waals surface area contributed by atoms with Crippen molar-refractivity contribution in [2.45, 2.75) is 31.7 Å². The Morgan fingerprint density at radius 2 is 2.00 bits per heavy atom. The lowest BCUT2D eigenvalue weighted by Gasteiger charge is -2.09. The van der Waals surface area contributed by atoms with Crippen LogP contribution in [-0.4, -0.2) is 27.8 Å². The quantitative estimate of drug-likeness (QED) is 0.607. The van der Waals surface area contributed by atoms with Crippen LogP contribution in [0, 0.1) is 0 Å². The summed E-state index contributed by atoms with van der Waals surface area (Å²) in [6.07, 6.45) is 2.84. The maximum absolute atomic E-state index is 12.2. The molecule has 0 bridgehead atoms. The van der Waals surface area contributed by atoms with Gasteiger partial charge in [-0.1, -0.05) is 23.7 Å². The number of para-hydroxylation sites is 2. The van der Waals surface area contributed by atoms with Crippen LogP contribution in [0.3, 0.4) is 0 Å². The molecule has 0 atom stereocenters. The topological polar surface area (TPSA) is 86.9 Å². The van der Waals surface area contributed by atoms with Gasteiger partial charge in [0.2, 0.25) is 5.91 Å². The zero-order valence-corrected chi connectivity index (χ0v) is 15.3. The van der Waals surface area contributed by atoms with Gasteiger partial charge in [-0.15, -0.1) is 0 Å². The van der Waals surface area contributed by atoms with Crippen molar-refractivity contribution >= 4 is 40.1 Å². The van der Waals surface area contributed by atoms with Crippen molar-refractivity contribution in [1.82, 2.24) is 15.3 Å². The molecule has 1 heterocycles. The second kappa shape index (κ2) is 7.40. The summed E-state index contributed by atoms with van der Waals surface area (Å²) in [5.41, 5.74) is 2.83. The number of nitrogens with one attached hydrogen (secondary N) is 3. The number of hydrogen-bond donors (Lipinski definition) is 3. The van der Waals surface area contributed by atoms with Gasteiger partial charge < -0.3 is 15.6 Å². The van der Waals surface area contributed by atoms with Gasteiger partial charge in [0.15, 0.2) is 0 Å². The number of aromatic amines is 1. The van der Waals surface area contributed by atoms with Crippen LogP contribution in [0.25, 0.3) is 11.0 Å². The van der Waals surface area contributed by atoms with Gasteiger partial charge in [0, 0.05) is 24.6 Å². The molecule has 27 heavy (non-hydrogen) atoms. The summed E-state index contributed by atoms with van der Waals surface area (Å²) >= 11 is 6.20. The molecule has 2 aromatic carbocycles. The monoisotopic (exact) mass is 382 g/mol. The van der Waals surface area contributed by atoms with Gasteiger partial charge in [0.25, 0.3) is 5.91 Å². The van der Waals surface area contributed by atoms with E-state index in [0.717, 1.165) is 29.7 Å². The molecule has 6 nitrogen and oxygen atoms in total. The van der Waals surface area contributed by atoms with Crippen LogP contribution in [-0.2, 0) is 11.2 Å². The second-order valence-electron chi connectivity index (χ2n) is 6.69. The van der Waals surface area contributed by atoms with Crippen LogP contribution < -0.4 is 10.6 Å². The number of halogens is 1. The molecule has 0 unspecified atom stereocenters. The first kappa shape index (κ1) is 17.5. The summed E-state index contributed by atoms with van der Waals surface area (Å²) in [7, 11) is 0. The minimum atomic E-state index is -0.176. The maximum atomic E-state index is 12.2. The third kappa shape index (κ3) is 4.28. The zero-order chi connectivity index (χ0) is 18.8. The van der Waals surface area contributed by atoms with E-state index in [1.54, 1.807) is 18.2 Å². The van der Waals surface area contributed by atoms with E-state index in [1.165, 1.54) is 0 Å². The summed E-state index contributed by atoms with van der Waals surface area (Å²) in [4.78, 5) is 32.0. The molecule has 4 rings (SSSR count). The van der Waals surface area contributed by atoms with Gasteiger partial charge in [-0.05, 0) is 43.2 Å². The summed E-state index contributed by atoms with van der Waals surface area (Å²) in [5, 5.41) is 6.03. The van der Waals surface area contributed by atoms with Crippen molar-refractivity contribution in [2.24, 2.45) is 0 Å². The standard InChI is InChI=1S/C20H19ClN4O2/c21-15-11-13(7-8-14(15)20(27)23-12-5-6-12)22-19(26)10-9-18-24-16-3-1-2-4-17(16)25-18/h1-4,7-8,11-12H,5-6,9-10H2,(H,22,26)(H,23,27)(H,24,25). The fraction of sp³-hybridized carbons (Fsp3) is 0.250. The maximum Gasteiger partial charge on any atom is 0.253 e. The summed E-state index contributed by atoms with van der Waals surface area (Å²) in [6.45, 7) is 0. The van der Waals surface area contributed by atoms with Gasteiger partial charge in [0.05, 0.1) is 21.6 Å². The normalized spacial score (nSPS) is 13.5. The number of rotatable bonds is 6. The molecule has 1 aromatic heterocycles. The molecule has 1 aliphatic rings. The third-order valence-electron chi connectivity index (χ3n) is 4.44. The molecule has 1 aliphatic carbocycles. The van der Waals surface area contributed by atoms with Gasteiger partial charge in [0.1, 0.15) is 5.82 Å². The Morgan fingerprint density at radius 1 is 1.19 bits per heavy atom. The highest BCUT2D eigenvalue weighted by Gasteiger charge is 2.24. The van der Waals surface area contributed by atoms with Crippen LogP contribution in [0.15, 0.2) is 42.5 Å². The molecule has 1 fully saturated rings. The predicted octanol–water partition coefficient (Wildman–Crippen LogP) is 3.68. The first-order valence-corrected chi connectivity index (χ1v) is 9.30. The van der Waals surface area contributed by atoms with E-state index in [1.807, 2.05) is 24.3 Å². The fourth-order valence-electron chi connectivity index (χ4n) is 2.85. The Balaban J connectivity index is 1.34. The highest BCUT2D eigenvalue weighted by Crippen LogP contribution is 2.24. The number of fused-ring (bicyclic) bond motifs is 1. The van der Waals surface area contributed by atoms with Gasteiger partial charge >= 0.3 is 0 Å². The number of carbonyl (C=O) groups is 2. The molecular weight excluding hydrogens is 364 g/mol. The predicted molar refractivity (Wildman–Crippen MR) is 105 cm³/mol. The highest BCUT2D eigenvalue weighted by atomic mass is 35.5. The summed E-state index contributed by atoms with van der Waals surface area (Å²) in [5.74, 6) is 0.462. The Labute approximate surface area is 161 Å². The first-order chi connectivity index (χ1) is 13.1. The SMILES string of the molecule is O=C(CCc1nc2ccccc2[nH]1)Nc1ccc(C(=O)NC2CC2)c(Cl)c1. The molecule has 3 N–H and O–H groups in total. The number of aryl methyl sites for hydroxylation is 1. The summed E-state index contributed by atoms with van der Waals surface area (Å²) < 4.78 is 0. The number of nitrogens with zero attached hydrogens (tertiary/aromatic N) is 1. The third-order valence-corrected chi connectivity index (χ3v) is 4.75. The number of anilines is 1. The number of hydrogen-bond acceptors (Lipinski definition) is 3. The number of benzene rings is 2. The van der Waals surface area contributed by atoms with Crippen LogP contribution in [0.2, 0.25) is 5.02 Å². The molecule has 0 saturated heterocycles. The number of aromatic nitrogens is 2. The highest BCUT2D eigenvalue weighted by molar-refractivity contribution is 6.34.